The highest BCUT2D eigenvalue weighted by Gasteiger charge is 2.13. The summed E-state index contributed by atoms with van der Waals surface area (Å²) in [6, 6.07) is 12.0. The number of nitrogens with zero attached hydrogens (tertiary/aromatic N) is 2. The molecule has 3 nitrogen and oxygen atoms in total. The van der Waals surface area contributed by atoms with Crippen LogP contribution in [0, 0.1) is 20.7 Å². The van der Waals surface area contributed by atoms with Gasteiger partial charge in [-0.1, -0.05) is 12.1 Å². The first kappa shape index (κ1) is 13.9. The minimum absolute atomic E-state index is 0.124. The van der Waals surface area contributed by atoms with Crippen molar-refractivity contribution >= 4 is 33.4 Å². The summed E-state index contributed by atoms with van der Waals surface area (Å²) >= 11 is 2.01. The third-order valence-corrected chi connectivity index (χ3v) is 4.16. The van der Waals surface area contributed by atoms with Gasteiger partial charge < -0.3 is 9.67 Å². The van der Waals surface area contributed by atoms with Gasteiger partial charge in [0.2, 0.25) is 0 Å². The Morgan fingerprint density at radius 3 is 2.62 bits per heavy atom. The molecule has 1 aromatic heterocycles. The maximum absolute atomic E-state index is 13.4. The zero-order valence-electron chi connectivity index (χ0n) is 10.8. The Bertz CT molecular complexity index is 863. The number of aromatic hydroxyl groups is 1. The molecular weight excluding hydrogens is 382 g/mol. The van der Waals surface area contributed by atoms with Crippen molar-refractivity contribution in [2.24, 2.45) is 0 Å². The van der Waals surface area contributed by atoms with Crippen LogP contribution in [-0.4, -0.2) is 9.67 Å². The van der Waals surface area contributed by atoms with Gasteiger partial charge >= 0.3 is 0 Å². The monoisotopic (exact) mass is 392 g/mol. The van der Waals surface area contributed by atoms with Crippen molar-refractivity contribution in [3.8, 4) is 11.9 Å². The van der Waals surface area contributed by atoms with E-state index in [4.69, 9.17) is 5.26 Å². The Kier molecular flexibility index (Phi) is 3.55. The first-order valence-corrected chi connectivity index (χ1v) is 7.32. The molecule has 0 aliphatic carbocycles. The molecule has 0 radical (unpaired) electrons. The Hall–Kier alpha value is -2.07. The number of rotatable bonds is 2. The number of nitriles is 1. The smallest absolute Gasteiger partial charge is 0.200 e. The average molecular weight is 392 g/mol. The summed E-state index contributed by atoms with van der Waals surface area (Å²) in [5.74, 6) is -0.193. The van der Waals surface area contributed by atoms with Gasteiger partial charge in [0.25, 0.3) is 0 Å². The van der Waals surface area contributed by atoms with Crippen LogP contribution in [0.1, 0.15) is 11.1 Å². The van der Waals surface area contributed by atoms with Crippen molar-refractivity contribution < 1.29 is 9.50 Å². The summed E-state index contributed by atoms with van der Waals surface area (Å²) in [7, 11) is 0. The maximum Gasteiger partial charge on any atom is 0.200 e. The van der Waals surface area contributed by atoms with E-state index in [1.807, 2.05) is 34.7 Å². The summed E-state index contributed by atoms with van der Waals surface area (Å²) in [5, 5.41) is 20.4. The molecule has 21 heavy (non-hydrogen) atoms. The average Bonchev–Trinajstić information content (AvgIpc) is 2.76. The molecule has 5 heteroatoms. The lowest BCUT2D eigenvalue weighted by molar-refractivity contribution is 0.430. The van der Waals surface area contributed by atoms with E-state index < -0.39 is 0 Å². The SMILES string of the molecule is N#Cc1ccc(Cn2cc3cc(F)cc(I)c3c2O)cc1. The number of halogens is 2. The molecule has 0 unspecified atom stereocenters. The predicted octanol–water partition coefficient (Wildman–Crippen LogP) is 4.01. The molecular formula is C16H10FIN2O. The molecule has 3 aromatic rings. The molecule has 0 aliphatic heterocycles. The highest BCUT2D eigenvalue weighted by Crippen LogP contribution is 2.32. The van der Waals surface area contributed by atoms with Gasteiger partial charge in [-0.3, -0.25) is 0 Å². The lowest BCUT2D eigenvalue weighted by Gasteiger charge is -2.05. The standard InChI is InChI=1S/C16H10FIN2O/c17-13-5-12-9-20(16(21)15(12)14(18)6-13)8-11-3-1-10(7-19)2-4-11/h1-6,9,21H,8H2. The van der Waals surface area contributed by atoms with Crippen molar-refractivity contribution in [3.63, 3.8) is 0 Å². The van der Waals surface area contributed by atoms with Gasteiger partial charge in [0.05, 0.1) is 23.6 Å². The number of aromatic nitrogens is 1. The topological polar surface area (TPSA) is 49.0 Å². The number of benzene rings is 2. The number of fused-ring (bicyclic) bond motifs is 1. The van der Waals surface area contributed by atoms with Crippen LogP contribution < -0.4 is 0 Å². The van der Waals surface area contributed by atoms with Gasteiger partial charge in [-0.2, -0.15) is 5.26 Å². The molecule has 0 spiro atoms. The second-order valence-electron chi connectivity index (χ2n) is 4.74. The molecule has 0 atom stereocenters. The van der Waals surface area contributed by atoms with Crippen LogP contribution in [0.25, 0.3) is 10.8 Å². The lowest BCUT2D eigenvalue weighted by atomic mass is 10.1. The third kappa shape index (κ3) is 2.59. The predicted molar refractivity (Wildman–Crippen MR) is 86.5 cm³/mol. The van der Waals surface area contributed by atoms with E-state index in [2.05, 4.69) is 6.07 Å². The summed E-state index contributed by atoms with van der Waals surface area (Å²) in [6.45, 7) is 0.462. The van der Waals surface area contributed by atoms with Crippen LogP contribution >= 0.6 is 22.6 Å². The summed E-state index contributed by atoms with van der Waals surface area (Å²) in [4.78, 5) is 0. The van der Waals surface area contributed by atoms with Crippen molar-refractivity contribution in [1.82, 2.24) is 4.57 Å². The molecule has 0 bridgehead atoms. The summed E-state index contributed by atoms with van der Waals surface area (Å²) in [6.07, 6.45) is 1.73. The molecule has 0 saturated carbocycles. The zero-order chi connectivity index (χ0) is 15.0. The van der Waals surface area contributed by atoms with E-state index in [9.17, 15) is 9.50 Å². The van der Waals surface area contributed by atoms with Gasteiger partial charge in [-0.25, -0.2) is 4.39 Å². The number of hydrogen-bond donors (Lipinski definition) is 1. The normalized spacial score (nSPS) is 10.7. The van der Waals surface area contributed by atoms with Crippen molar-refractivity contribution in [1.29, 1.82) is 5.26 Å². The zero-order valence-corrected chi connectivity index (χ0v) is 13.0. The first-order valence-electron chi connectivity index (χ1n) is 6.24. The molecule has 1 N–H and O–H groups in total. The van der Waals surface area contributed by atoms with Crippen LogP contribution in [0.3, 0.4) is 0 Å². The number of hydrogen-bond acceptors (Lipinski definition) is 2. The van der Waals surface area contributed by atoms with Crippen molar-refractivity contribution in [2.45, 2.75) is 6.54 Å². The van der Waals surface area contributed by atoms with Crippen LogP contribution in [-0.2, 0) is 6.54 Å². The fourth-order valence-electron chi connectivity index (χ4n) is 2.31. The van der Waals surface area contributed by atoms with Gasteiger partial charge in [0.1, 0.15) is 5.82 Å². The minimum atomic E-state index is -0.317. The van der Waals surface area contributed by atoms with Gasteiger partial charge in [-0.15, -0.1) is 0 Å². The van der Waals surface area contributed by atoms with Gasteiger partial charge in [0.15, 0.2) is 5.88 Å². The quantitative estimate of drug-likeness (QED) is 0.670. The first-order chi connectivity index (χ1) is 10.1. The largest absolute Gasteiger partial charge is 0.494 e. The van der Waals surface area contributed by atoms with E-state index in [0.717, 1.165) is 5.56 Å². The summed E-state index contributed by atoms with van der Waals surface area (Å²) in [5.41, 5.74) is 1.55. The highest BCUT2D eigenvalue weighted by molar-refractivity contribution is 14.1. The molecule has 0 fully saturated rings. The Morgan fingerprint density at radius 2 is 1.95 bits per heavy atom. The highest BCUT2D eigenvalue weighted by atomic mass is 127. The molecule has 0 amide bonds. The third-order valence-electron chi connectivity index (χ3n) is 3.31. The Morgan fingerprint density at radius 1 is 1.24 bits per heavy atom. The molecule has 0 saturated heterocycles. The van der Waals surface area contributed by atoms with Crippen LogP contribution in [0.4, 0.5) is 4.39 Å². The second kappa shape index (κ2) is 5.37. The van der Waals surface area contributed by atoms with Crippen LogP contribution in [0.2, 0.25) is 0 Å². The van der Waals surface area contributed by atoms with E-state index >= 15 is 0 Å². The fraction of sp³-hybridized carbons (Fsp3) is 0.0625. The fourth-order valence-corrected chi connectivity index (χ4v) is 3.16. The van der Waals surface area contributed by atoms with Gasteiger partial charge in [-0.05, 0) is 52.4 Å². The minimum Gasteiger partial charge on any atom is -0.494 e. The maximum atomic E-state index is 13.4. The van der Waals surface area contributed by atoms with E-state index in [-0.39, 0.29) is 11.7 Å². The molecule has 0 aliphatic rings. The van der Waals surface area contributed by atoms with Gasteiger partial charge in [0, 0.05) is 15.2 Å². The second-order valence-corrected chi connectivity index (χ2v) is 5.90. The van der Waals surface area contributed by atoms with Crippen molar-refractivity contribution in [3.05, 3.63) is 63.1 Å². The Balaban J connectivity index is 2.02. The van der Waals surface area contributed by atoms with Crippen LogP contribution in [0.5, 0.6) is 5.88 Å². The molecule has 3 rings (SSSR count). The van der Waals surface area contributed by atoms with Crippen LogP contribution in [0.15, 0.2) is 42.6 Å². The van der Waals surface area contributed by atoms with E-state index in [1.165, 1.54) is 12.1 Å². The molecule has 1 heterocycles. The Labute approximate surface area is 134 Å². The van der Waals surface area contributed by atoms with Crippen molar-refractivity contribution in [2.75, 3.05) is 0 Å². The van der Waals surface area contributed by atoms with E-state index in [1.54, 1.807) is 22.9 Å². The van der Waals surface area contributed by atoms with E-state index in [0.29, 0.717) is 26.5 Å². The molecule has 2 aromatic carbocycles. The lowest BCUT2D eigenvalue weighted by Crippen LogP contribution is -1.97. The molecule has 104 valence electrons. The summed E-state index contributed by atoms with van der Waals surface area (Å²) < 4.78 is 15.8.